The minimum atomic E-state index is -0.426. The Morgan fingerprint density at radius 1 is 0.906 bits per heavy atom. The van der Waals surface area contributed by atoms with E-state index in [9.17, 15) is 14.4 Å². The maximum absolute atomic E-state index is 13.2. The first-order valence-corrected chi connectivity index (χ1v) is 10.5. The summed E-state index contributed by atoms with van der Waals surface area (Å²) in [5.74, 6) is -0.633. The fourth-order valence-electron chi connectivity index (χ4n) is 4.16. The Labute approximate surface area is 186 Å². The third-order valence-electron chi connectivity index (χ3n) is 5.44. The van der Waals surface area contributed by atoms with Gasteiger partial charge in [0.15, 0.2) is 0 Å². The van der Waals surface area contributed by atoms with E-state index in [1.807, 2.05) is 45.9 Å². The normalized spacial score (nSPS) is 12.7. The van der Waals surface area contributed by atoms with Crippen LogP contribution in [0.25, 0.3) is 0 Å². The molecule has 0 aromatic heterocycles. The number of amides is 3. The standard InChI is InChI=1S/C26H24N2O4/c1-5-32-22-9-7-6-8-21(22)27-24(29)18-10-11-19-20(14-18)26(31)28(25(19)30)23-16(3)12-15(2)13-17(23)4/h6-14H,5H2,1-4H3,(H,27,29). The first-order valence-electron chi connectivity index (χ1n) is 10.5. The summed E-state index contributed by atoms with van der Waals surface area (Å²) in [6.07, 6.45) is 0. The highest BCUT2D eigenvalue weighted by Gasteiger charge is 2.38. The van der Waals surface area contributed by atoms with Gasteiger partial charge in [-0.15, -0.1) is 0 Å². The molecular formula is C26H24N2O4. The van der Waals surface area contributed by atoms with Crippen molar-refractivity contribution in [3.63, 3.8) is 0 Å². The van der Waals surface area contributed by atoms with Crippen molar-refractivity contribution < 1.29 is 19.1 Å². The molecule has 3 amide bonds. The van der Waals surface area contributed by atoms with E-state index in [0.29, 0.717) is 29.3 Å². The summed E-state index contributed by atoms with van der Waals surface area (Å²) in [4.78, 5) is 40.4. The minimum absolute atomic E-state index is 0.222. The molecule has 6 nitrogen and oxygen atoms in total. The Morgan fingerprint density at radius 3 is 2.25 bits per heavy atom. The lowest BCUT2D eigenvalue weighted by Gasteiger charge is -2.20. The number of hydrogen-bond donors (Lipinski definition) is 1. The lowest BCUT2D eigenvalue weighted by Crippen LogP contribution is -2.30. The predicted molar refractivity (Wildman–Crippen MR) is 124 cm³/mol. The fraction of sp³-hybridized carbons (Fsp3) is 0.192. The van der Waals surface area contributed by atoms with E-state index in [0.717, 1.165) is 16.7 Å². The largest absolute Gasteiger partial charge is 0.492 e. The minimum Gasteiger partial charge on any atom is -0.492 e. The molecule has 0 bridgehead atoms. The summed E-state index contributed by atoms with van der Waals surface area (Å²) < 4.78 is 5.55. The average Bonchev–Trinajstić information content (AvgIpc) is 2.99. The summed E-state index contributed by atoms with van der Waals surface area (Å²) in [6, 6.07) is 15.6. The topological polar surface area (TPSA) is 75.7 Å². The van der Waals surface area contributed by atoms with Gasteiger partial charge >= 0.3 is 0 Å². The van der Waals surface area contributed by atoms with E-state index in [1.165, 1.54) is 17.0 Å². The zero-order valence-corrected chi connectivity index (χ0v) is 18.5. The maximum atomic E-state index is 13.2. The van der Waals surface area contributed by atoms with Crippen LogP contribution in [-0.2, 0) is 0 Å². The summed E-state index contributed by atoms with van der Waals surface area (Å²) in [5, 5.41) is 2.82. The SMILES string of the molecule is CCOc1ccccc1NC(=O)c1ccc2c(c1)C(=O)N(c1c(C)cc(C)cc1C)C2=O. The zero-order valence-electron chi connectivity index (χ0n) is 18.5. The van der Waals surface area contributed by atoms with E-state index in [1.54, 1.807) is 24.3 Å². The summed E-state index contributed by atoms with van der Waals surface area (Å²) in [5.41, 5.74) is 4.70. The molecule has 3 aromatic rings. The number of rotatable bonds is 5. The molecule has 32 heavy (non-hydrogen) atoms. The molecule has 3 aromatic carbocycles. The van der Waals surface area contributed by atoms with Crippen LogP contribution in [-0.4, -0.2) is 24.3 Å². The number of aryl methyl sites for hydroxylation is 3. The molecule has 0 aliphatic carbocycles. The Balaban J connectivity index is 1.66. The van der Waals surface area contributed by atoms with Crippen LogP contribution in [0.4, 0.5) is 11.4 Å². The van der Waals surface area contributed by atoms with E-state index >= 15 is 0 Å². The van der Waals surface area contributed by atoms with Crippen LogP contribution >= 0.6 is 0 Å². The van der Waals surface area contributed by atoms with Crippen molar-refractivity contribution in [2.75, 3.05) is 16.8 Å². The van der Waals surface area contributed by atoms with Gasteiger partial charge in [-0.05, 0) is 69.2 Å². The lowest BCUT2D eigenvalue weighted by atomic mass is 10.0. The van der Waals surface area contributed by atoms with Gasteiger partial charge in [0.05, 0.1) is 29.1 Å². The molecule has 0 saturated heterocycles. The van der Waals surface area contributed by atoms with E-state index in [-0.39, 0.29) is 22.9 Å². The Bertz CT molecular complexity index is 1240. The van der Waals surface area contributed by atoms with Gasteiger partial charge in [0.1, 0.15) is 5.75 Å². The number of ether oxygens (including phenoxy) is 1. The molecular weight excluding hydrogens is 404 g/mol. The predicted octanol–water partition coefficient (Wildman–Crippen LogP) is 5.06. The quantitative estimate of drug-likeness (QED) is 0.576. The number of carbonyl (C=O) groups excluding carboxylic acids is 3. The molecule has 1 N–H and O–H groups in total. The molecule has 1 heterocycles. The zero-order chi connectivity index (χ0) is 23.0. The van der Waals surface area contributed by atoms with Crippen LogP contribution < -0.4 is 15.0 Å². The number of imide groups is 1. The van der Waals surface area contributed by atoms with Crippen LogP contribution in [0.3, 0.4) is 0 Å². The molecule has 0 fully saturated rings. The van der Waals surface area contributed by atoms with Gasteiger partial charge in [-0.3, -0.25) is 14.4 Å². The summed E-state index contributed by atoms with van der Waals surface area (Å²) in [6.45, 7) is 8.07. The van der Waals surface area contributed by atoms with Crippen molar-refractivity contribution in [3.05, 3.63) is 88.0 Å². The average molecular weight is 428 g/mol. The molecule has 1 aliphatic heterocycles. The molecule has 162 valence electrons. The van der Waals surface area contributed by atoms with Crippen LogP contribution in [0.1, 0.15) is 54.7 Å². The second-order valence-corrected chi connectivity index (χ2v) is 7.84. The monoisotopic (exact) mass is 428 g/mol. The molecule has 0 spiro atoms. The highest BCUT2D eigenvalue weighted by atomic mass is 16.5. The third kappa shape index (κ3) is 3.64. The van der Waals surface area contributed by atoms with E-state index < -0.39 is 5.91 Å². The summed E-state index contributed by atoms with van der Waals surface area (Å²) in [7, 11) is 0. The van der Waals surface area contributed by atoms with Crippen molar-refractivity contribution in [1.82, 2.24) is 0 Å². The second kappa shape index (κ2) is 8.30. The van der Waals surface area contributed by atoms with Gasteiger partial charge in [0.25, 0.3) is 17.7 Å². The second-order valence-electron chi connectivity index (χ2n) is 7.84. The number of carbonyl (C=O) groups is 3. The van der Waals surface area contributed by atoms with Crippen molar-refractivity contribution in [1.29, 1.82) is 0 Å². The van der Waals surface area contributed by atoms with E-state index in [4.69, 9.17) is 4.74 Å². The first kappa shape index (κ1) is 21.3. The highest BCUT2D eigenvalue weighted by Crippen LogP contribution is 2.34. The molecule has 0 unspecified atom stereocenters. The number of anilines is 2. The van der Waals surface area contributed by atoms with Gasteiger partial charge in [0.2, 0.25) is 0 Å². The smallest absolute Gasteiger partial charge is 0.266 e. The number of fused-ring (bicyclic) bond motifs is 1. The molecule has 6 heteroatoms. The number of para-hydroxylation sites is 2. The van der Waals surface area contributed by atoms with Gasteiger partial charge in [-0.2, -0.15) is 0 Å². The van der Waals surface area contributed by atoms with E-state index in [2.05, 4.69) is 5.32 Å². The lowest BCUT2D eigenvalue weighted by molar-refractivity contribution is 0.0925. The Morgan fingerprint density at radius 2 is 1.56 bits per heavy atom. The third-order valence-corrected chi connectivity index (χ3v) is 5.44. The van der Waals surface area contributed by atoms with Crippen molar-refractivity contribution in [2.24, 2.45) is 0 Å². The Hall–Kier alpha value is -3.93. The number of benzene rings is 3. The number of nitrogens with one attached hydrogen (secondary N) is 1. The van der Waals surface area contributed by atoms with Crippen molar-refractivity contribution in [3.8, 4) is 5.75 Å². The van der Waals surface area contributed by atoms with Gasteiger partial charge < -0.3 is 10.1 Å². The first-order chi connectivity index (χ1) is 15.3. The highest BCUT2D eigenvalue weighted by molar-refractivity contribution is 6.35. The van der Waals surface area contributed by atoms with Gasteiger partial charge in [-0.25, -0.2) is 4.90 Å². The van der Waals surface area contributed by atoms with Crippen LogP contribution in [0.15, 0.2) is 54.6 Å². The van der Waals surface area contributed by atoms with Crippen molar-refractivity contribution >= 4 is 29.1 Å². The molecule has 0 saturated carbocycles. The molecule has 4 rings (SSSR count). The molecule has 0 radical (unpaired) electrons. The number of hydrogen-bond acceptors (Lipinski definition) is 4. The van der Waals surface area contributed by atoms with Crippen molar-refractivity contribution in [2.45, 2.75) is 27.7 Å². The Kier molecular flexibility index (Phi) is 5.53. The van der Waals surface area contributed by atoms with Crippen LogP contribution in [0.2, 0.25) is 0 Å². The van der Waals surface area contributed by atoms with Gasteiger partial charge in [-0.1, -0.05) is 29.8 Å². The van der Waals surface area contributed by atoms with Crippen LogP contribution in [0.5, 0.6) is 5.75 Å². The van der Waals surface area contributed by atoms with Crippen LogP contribution in [0, 0.1) is 20.8 Å². The maximum Gasteiger partial charge on any atom is 0.266 e. The molecule has 1 aliphatic rings. The fourth-order valence-corrected chi connectivity index (χ4v) is 4.16. The van der Waals surface area contributed by atoms with Gasteiger partial charge in [0, 0.05) is 5.56 Å². The number of nitrogens with zero attached hydrogens (tertiary/aromatic N) is 1. The summed E-state index contributed by atoms with van der Waals surface area (Å²) >= 11 is 0. The molecule has 0 atom stereocenters.